The van der Waals surface area contributed by atoms with Gasteiger partial charge in [-0.1, -0.05) is 11.8 Å². The number of rotatable bonds is 4. The number of halogens is 1. The molecule has 1 rings (SSSR count). The fourth-order valence-electron chi connectivity index (χ4n) is 1.08. The van der Waals surface area contributed by atoms with E-state index in [-0.39, 0.29) is 6.54 Å². The summed E-state index contributed by atoms with van der Waals surface area (Å²) in [5.74, 6) is 5.29. The average Bonchev–Trinajstić information content (AvgIpc) is 2.28. The zero-order chi connectivity index (χ0) is 11.8. The third-order valence-electron chi connectivity index (χ3n) is 1.82. The number of nitrogens with two attached hydrogens (primary N) is 1. The van der Waals surface area contributed by atoms with Gasteiger partial charge in [0.1, 0.15) is 18.2 Å². The van der Waals surface area contributed by atoms with Crippen LogP contribution in [-0.2, 0) is 4.74 Å². The molecule has 0 bridgehead atoms. The quantitative estimate of drug-likeness (QED) is 0.615. The second-order valence-electron chi connectivity index (χ2n) is 2.99. The van der Waals surface area contributed by atoms with E-state index in [9.17, 15) is 4.39 Å². The van der Waals surface area contributed by atoms with Gasteiger partial charge in [0.15, 0.2) is 0 Å². The Hall–Kier alpha value is -1.57. The molecule has 0 saturated heterocycles. The van der Waals surface area contributed by atoms with Crippen molar-refractivity contribution in [1.82, 2.24) is 0 Å². The second-order valence-corrected chi connectivity index (χ2v) is 2.99. The minimum Gasteiger partial charge on any atom is -0.491 e. The summed E-state index contributed by atoms with van der Waals surface area (Å²) >= 11 is 0. The van der Waals surface area contributed by atoms with Gasteiger partial charge >= 0.3 is 0 Å². The van der Waals surface area contributed by atoms with Crippen molar-refractivity contribution >= 4 is 0 Å². The third kappa shape index (κ3) is 3.89. The first-order chi connectivity index (χ1) is 7.77. The van der Waals surface area contributed by atoms with Crippen LogP contribution in [0.2, 0.25) is 0 Å². The van der Waals surface area contributed by atoms with Gasteiger partial charge in [-0.15, -0.1) is 0 Å². The number of ether oxygens (including phenoxy) is 2. The zero-order valence-electron chi connectivity index (χ0n) is 9.13. The van der Waals surface area contributed by atoms with Gasteiger partial charge in [-0.3, -0.25) is 0 Å². The lowest BCUT2D eigenvalue weighted by Gasteiger charge is -2.05. The molecule has 1 aromatic rings. The van der Waals surface area contributed by atoms with Crippen LogP contribution in [-0.4, -0.2) is 26.9 Å². The molecular weight excluding hydrogens is 209 g/mol. The highest BCUT2D eigenvalue weighted by Gasteiger charge is 2.01. The molecule has 0 unspecified atom stereocenters. The van der Waals surface area contributed by atoms with Gasteiger partial charge in [0.05, 0.1) is 18.7 Å². The van der Waals surface area contributed by atoms with Crippen LogP contribution < -0.4 is 10.5 Å². The fourth-order valence-corrected chi connectivity index (χ4v) is 1.08. The predicted molar refractivity (Wildman–Crippen MR) is 59.7 cm³/mol. The van der Waals surface area contributed by atoms with Gasteiger partial charge in [-0.05, 0) is 12.1 Å². The molecule has 0 spiro atoms. The highest BCUT2D eigenvalue weighted by Crippen LogP contribution is 2.15. The van der Waals surface area contributed by atoms with Crippen molar-refractivity contribution in [3.05, 3.63) is 29.6 Å². The molecule has 16 heavy (non-hydrogen) atoms. The van der Waals surface area contributed by atoms with Gasteiger partial charge in [0.2, 0.25) is 0 Å². The highest BCUT2D eigenvalue weighted by molar-refractivity contribution is 5.39. The monoisotopic (exact) mass is 223 g/mol. The Balaban J connectivity index is 2.67. The van der Waals surface area contributed by atoms with E-state index in [1.807, 2.05) is 0 Å². The Bertz CT molecular complexity index is 396. The zero-order valence-corrected chi connectivity index (χ0v) is 9.13. The summed E-state index contributed by atoms with van der Waals surface area (Å²) in [5.41, 5.74) is 5.53. The molecule has 0 radical (unpaired) electrons. The van der Waals surface area contributed by atoms with E-state index in [4.69, 9.17) is 15.2 Å². The van der Waals surface area contributed by atoms with E-state index in [2.05, 4.69) is 11.8 Å². The normalized spacial score (nSPS) is 9.44. The highest BCUT2D eigenvalue weighted by atomic mass is 19.1. The van der Waals surface area contributed by atoms with Crippen molar-refractivity contribution in [2.75, 3.05) is 26.9 Å². The van der Waals surface area contributed by atoms with E-state index in [1.54, 1.807) is 19.2 Å². The van der Waals surface area contributed by atoms with Gasteiger partial charge in [0, 0.05) is 13.2 Å². The molecule has 0 saturated carbocycles. The predicted octanol–water partition coefficient (Wildman–Crippen LogP) is 1.16. The van der Waals surface area contributed by atoms with Crippen molar-refractivity contribution < 1.29 is 13.9 Å². The Morgan fingerprint density at radius 3 is 2.81 bits per heavy atom. The molecular formula is C12H14FNO2. The standard InChI is InChI=1S/C12H14FNO2/c1-15-7-8-16-11-5-4-10(3-2-6-14)12(13)9-11/h4-5,9H,6-8,14H2,1H3. The van der Waals surface area contributed by atoms with Crippen LogP contribution in [0.15, 0.2) is 18.2 Å². The van der Waals surface area contributed by atoms with E-state index in [1.165, 1.54) is 6.07 Å². The van der Waals surface area contributed by atoms with Crippen LogP contribution in [0.4, 0.5) is 4.39 Å². The van der Waals surface area contributed by atoms with Crippen molar-refractivity contribution in [2.24, 2.45) is 5.73 Å². The minimum atomic E-state index is -0.407. The molecule has 2 N–H and O–H groups in total. The van der Waals surface area contributed by atoms with Gasteiger partial charge < -0.3 is 15.2 Å². The largest absolute Gasteiger partial charge is 0.491 e. The summed E-state index contributed by atoms with van der Waals surface area (Å²) in [4.78, 5) is 0. The Kier molecular flexibility index (Phi) is 5.34. The van der Waals surface area contributed by atoms with Gasteiger partial charge in [-0.25, -0.2) is 4.39 Å². The number of hydrogen-bond donors (Lipinski definition) is 1. The van der Waals surface area contributed by atoms with Crippen LogP contribution in [0, 0.1) is 17.7 Å². The first kappa shape index (κ1) is 12.5. The van der Waals surface area contributed by atoms with E-state index in [0.717, 1.165) is 0 Å². The first-order valence-electron chi connectivity index (χ1n) is 4.88. The fraction of sp³-hybridized carbons (Fsp3) is 0.333. The van der Waals surface area contributed by atoms with Crippen LogP contribution in [0.25, 0.3) is 0 Å². The summed E-state index contributed by atoms with van der Waals surface area (Å²) in [5, 5.41) is 0. The van der Waals surface area contributed by atoms with Crippen molar-refractivity contribution in [3.8, 4) is 17.6 Å². The first-order valence-corrected chi connectivity index (χ1v) is 4.88. The van der Waals surface area contributed by atoms with Crippen LogP contribution in [0.3, 0.4) is 0 Å². The van der Waals surface area contributed by atoms with Gasteiger partial charge in [-0.2, -0.15) is 0 Å². The van der Waals surface area contributed by atoms with Crippen molar-refractivity contribution in [1.29, 1.82) is 0 Å². The third-order valence-corrected chi connectivity index (χ3v) is 1.82. The molecule has 0 amide bonds. The Labute approximate surface area is 94.4 Å². The second kappa shape index (κ2) is 6.83. The molecule has 0 atom stereocenters. The smallest absolute Gasteiger partial charge is 0.142 e. The maximum atomic E-state index is 13.4. The summed E-state index contributed by atoms with van der Waals surface area (Å²) in [6, 6.07) is 4.54. The summed E-state index contributed by atoms with van der Waals surface area (Å²) < 4.78 is 23.5. The number of hydrogen-bond acceptors (Lipinski definition) is 3. The van der Waals surface area contributed by atoms with Crippen molar-refractivity contribution in [3.63, 3.8) is 0 Å². The molecule has 0 aliphatic carbocycles. The molecule has 4 heteroatoms. The molecule has 86 valence electrons. The topological polar surface area (TPSA) is 44.5 Å². The molecule has 0 fully saturated rings. The van der Waals surface area contributed by atoms with Crippen molar-refractivity contribution in [2.45, 2.75) is 0 Å². The molecule has 0 aromatic heterocycles. The summed E-state index contributed by atoms with van der Waals surface area (Å²) in [7, 11) is 1.58. The minimum absolute atomic E-state index is 0.214. The summed E-state index contributed by atoms with van der Waals surface area (Å²) in [6.07, 6.45) is 0. The maximum Gasteiger partial charge on any atom is 0.142 e. The lowest BCUT2D eigenvalue weighted by molar-refractivity contribution is 0.146. The maximum absolute atomic E-state index is 13.4. The van der Waals surface area contributed by atoms with E-state index in [0.29, 0.717) is 24.5 Å². The SMILES string of the molecule is COCCOc1ccc(C#CCN)c(F)c1. The van der Waals surface area contributed by atoms with E-state index >= 15 is 0 Å². The molecule has 1 aromatic carbocycles. The molecule has 3 nitrogen and oxygen atoms in total. The van der Waals surface area contributed by atoms with Crippen LogP contribution >= 0.6 is 0 Å². The lowest BCUT2D eigenvalue weighted by Crippen LogP contribution is -2.04. The molecule has 0 heterocycles. The van der Waals surface area contributed by atoms with Crippen LogP contribution in [0.1, 0.15) is 5.56 Å². The van der Waals surface area contributed by atoms with Crippen LogP contribution in [0.5, 0.6) is 5.75 Å². The molecule has 0 aliphatic rings. The Morgan fingerprint density at radius 1 is 1.38 bits per heavy atom. The Morgan fingerprint density at radius 2 is 2.19 bits per heavy atom. The van der Waals surface area contributed by atoms with E-state index < -0.39 is 5.82 Å². The number of methoxy groups -OCH3 is 1. The summed E-state index contributed by atoms with van der Waals surface area (Å²) in [6.45, 7) is 1.08. The number of benzene rings is 1. The lowest BCUT2D eigenvalue weighted by atomic mass is 10.2. The molecule has 0 aliphatic heterocycles. The van der Waals surface area contributed by atoms with Gasteiger partial charge in [0.25, 0.3) is 0 Å². The average molecular weight is 223 g/mol.